The van der Waals surface area contributed by atoms with Crippen LogP contribution in [0.3, 0.4) is 0 Å². The van der Waals surface area contributed by atoms with Crippen LogP contribution in [-0.4, -0.2) is 53.7 Å². The van der Waals surface area contributed by atoms with Gasteiger partial charge in [-0.2, -0.15) is 0 Å². The second-order valence-corrected chi connectivity index (χ2v) is 9.20. The lowest BCUT2D eigenvalue weighted by Crippen LogP contribution is -2.44. The molecule has 2 aromatic rings. The van der Waals surface area contributed by atoms with Crippen LogP contribution in [0.5, 0.6) is 0 Å². The molecule has 4 rings (SSSR count). The molecule has 34 heavy (non-hydrogen) atoms. The number of rotatable bonds is 8. The topological polar surface area (TPSA) is 95.9 Å². The molecular weight excluding hydrogens is 432 g/mol. The summed E-state index contributed by atoms with van der Waals surface area (Å²) >= 11 is 0. The van der Waals surface area contributed by atoms with Gasteiger partial charge in [-0.15, -0.1) is 0 Å². The van der Waals surface area contributed by atoms with Crippen LogP contribution in [0.15, 0.2) is 48.5 Å². The molecule has 1 fully saturated rings. The Hall–Kier alpha value is -3.35. The van der Waals surface area contributed by atoms with Gasteiger partial charge in [0.25, 0.3) is 0 Å². The van der Waals surface area contributed by atoms with Crippen LogP contribution in [-0.2, 0) is 14.3 Å². The fraction of sp³-hybridized carbons (Fsp3) is 0.444. The number of carboxylic acids is 1. The van der Waals surface area contributed by atoms with Gasteiger partial charge in [-0.25, -0.2) is 4.79 Å². The molecule has 0 saturated carbocycles. The van der Waals surface area contributed by atoms with Gasteiger partial charge in [0.2, 0.25) is 5.91 Å². The van der Waals surface area contributed by atoms with Gasteiger partial charge in [0, 0.05) is 25.0 Å². The average Bonchev–Trinajstić information content (AvgIpc) is 3.38. The minimum absolute atomic E-state index is 0.0235. The van der Waals surface area contributed by atoms with E-state index < -0.39 is 23.9 Å². The highest BCUT2D eigenvalue weighted by Gasteiger charge is 2.40. The Bertz CT molecular complexity index is 1020. The fourth-order valence-corrected chi connectivity index (χ4v) is 5.33. The summed E-state index contributed by atoms with van der Waals surface area (Å²) in [7, 11) is 0. The van der Waals surface area contributed by atoms with Gasteiger partial charge < -0.3 is 20.1 Å². The number of fused-ring (bicyclic) bond motifs is 3. The van der Waals surface area contributed by atoms with Crippen LogP contribution in [0.25, 0.3) is 11.1 Å². The molecule has 2 N–H and O–H groups in total. The van der Waals surface area contributed by atoms with E-state index in [4.69, 9.17) is 4.74 Å². The number of benzene rings is 2. The zero-order valence-corrected chi connectivity index (χ0v) is 19.7. The first-order chi connectivity index (χ1) is 16.4. The number of carbonyl (C=O) groups is 3. The molecule has 0 spiro atoms. The largest absolute Gasteiger partial charge is 0.481 e. The van der Waals surface area contributed by atoms with Crippen molar-refractivity contribution in [3.05, 3.63) is 59.7 Å². The number of likely N-dealkylation sites (tertiary alicyclic amines) is 1. The Labute approximate surface area is 200 Å². The maximum Gasteiger partial charge on any atom is 0.407 e. The van der Waals surface area contributed by atoms with E-state index in [-0.39, 0.29) is 31.0 Å². The van der Waals surface area contributed by atoms with E-state index in [0.717, 1.165) is 17.5 Å². The number of aliphatic carboxylic acids is 1. The summed E-state index contributed by atoms with van der Waals surface area (Å²) in [5.41, 5.74) is 4.62. The van der Waals surface area contributed by atoms with Crippen molar-refractivity contribution >= 4 is 18.0 Å². The Kier molecular flexibility index (Phi) is 7.20. The molecule has 2 aliphatic rings. The van der Waals surface area contributed by atoms with Gasteiger partial charge in [0.15, 0.2) is 0 Å². The number of ether oxygens (including phenoxy) is 1. The van der Waals surface area contributed by atoms with Gasteiger partial charge in [0.1, 0.15) is 6.61 Å². The monoisotopic (exact) mass is 464 g/mol. The van der Waals surface area contributed by atoms with Gasteiger partial charge in [-0.05, 0) is 42.0 Å². The number of amides is 2. The van der Waals surface area contributed by atoms with Crippen LogP contribution < -0.4 is 5.32 Å². The number of carbonyl (C=O) groups excluding carboxylic acids is 2. The summed E-state index contributed by atoms with van der Waals surface area (Å²) in [6, 6.07) is 16.0. The third-order valence-corrected chi connectivity index (χ3v) is 7.18. The van der Waals surface area contributed by atoms with Crippen LogP contribution in [0.2, 0.25) is 0 Å². The third-order valence-electron chi connectivity index (χ3n) is 7.18. The molecule has 0 radical (unpaired) electrons. The van der Waals surface area contributed by atoms with Crippen LogP contribution in [0.4, 0.5) is 4.79 Å². The van der Waals surface area contributed by atoms with Crippen molar-refractivity contribution in [2.75, 3.05) is 19.7 Å². The zero-order chi connectivity index (χ0) is 24.2. The molecule has 3 atom stereocenters. The molecule has 3 unspecified atom stereocenters. The van der Waals surface area contributed by atoms with E-state index in [1.54, 1.807) is 11.8 Å². The molecule has 1 saturated heterocycles. The summed E-state index contributed by atoms with van der Waals surface area (Å²) in [4.78, 5) is 38.7. The molecular formula is C27H32N2O5. The van der Waals surface area contributed by atoms with Gasteiger partial charge in [-0.3, -0.25) is 9.59 Å². The number of carboxylic acid groups (broad SMARTS) is 1. The highest BCUT2D eigenvalue weighted by Crippen LogP contribution is 2.44. The fourth-order valence-electron chi connectivity index (χ4n) is 5.33. The van der Waals surface area contributed by atoms with Crippen molar-refractivity contribution in [2.45, 2.75) is 45.1 Å². The van der Waals surface area contributed by atoms with Crippen molar-refractivity contribution in [2.24, 2.45) is 11.8 Å². The summed E-state index contributed by atoms with van der Waals surface area (Å²) < 4.78 is 5.59. The Balaban J connectivity index is 1.35. The van der Waals surface area contributed by atoms with Gasteiger partial charge in [0.05, 0.1) is 11.8 Å². The summed E-state index contributed by atoms with van der Waals surface area (Å²) in [5, 5.41) is 12.1. The van der Waals surface area contributed by atoms with Crippen molar-refractivity contribution < 1.29 is 24.2 Å². The van der Waals surface area contributed by atoms with Crippen molar-refractivity contribution in [3.63, 3.8) is 0 Å². The molecule has 0 bridgehead atoms. The maximum absolute atomic E-state index is 13.1. The van der Waals surface area contributed by atoms with E-state index in [1.165, 1.54) is 11.1 Å². The van der Waals surface area contributed by atoms with E-state index in [2.05, 4.69) is 29.6 Å². The SMILES string of the molecule is CCCC(CNC(=O)OCC1c2ccccc2-c2ccccc21)C(=O)N1CCC(C(=O)O)C1C. The number of alkyl carbamates (subject to hydrolysis) is 1. The van der Waals surface area contributed by atoms with E-state index in [0.29, 0.717) is 19.4 Å². The lowest BCUT2D eigenvalue weighted by Gasteiger charge is -2.28. The van der Waals surface area contributed by atoms with Crippen molar-refractivity contribution in [1.29, 1.82) is 0 Å². The quantitative estimate of drug-likeness (QED) is 0.609. The molecule has 2 aromatic carbocycles. The van der Waals surface area contributed by atoms with E-state index in [9.17, 15) is 19.5 Å². The van der Waals surface area contributed by atoms with Gasteiger partial charge in [-0.1, -0.05) is 61.9 Å². The standard InChI is InChI=1S/C27H32N2O5/c1-3-8-18(25(30)29-14-13-19(17(29)2)26(31)32)15-28-27(33)34-16-24-22-11-6-4-9-20(22)21-10-5-7-12-23(21)24/h4-7,9-12,17-19,24H,3,8,13-16H2,1-2H3,(H,28,33)(H,31,32). The third kappa shape index (κ3) is 4.65. The Morgan fingerprint density at radius 2 is 1.71 bits per heavy atom. The molecule has 180 valence electrons. The Morgan fingerprint density at radius 1 is 1.09 bits per heavy atom. The Morgan fingerprint density at radius 3 is 2.26 bits per heavy atom. The second kappa shape index (κ2) is 10.3. The molecule has 0 aromatic heterocycles. The number of nitrogens with zero attached hydrogens (tertiary/aromatic N) is 1. The van der Waals surface area contributed by atoms with Crippen molar-refractivity contribution in [1.82, 2.24) is 10.2 Å². The number of hydrogen-bond acceptors (Lipinski definition) is 4. The lowest BCUT2D eigenvalue weighted by atomic mass is 9.98. The molecule has 7 heteroatoms. The van der Waals surface area contributed by atoms with E-state index in [1.807, 2.05) is 31.2 Å². The zero-order valence-electron chi connectivity index (χ0n) is 19.7. The molecule has 7 nitrogen and oxygen atoms in total. The first kappa shape index (κ1) is 23.8. The van der Waals surface area contributed by atoms with Crippen molar-refractivity contribution in [3.8, 4) is 11.1 Å². The maximum atomic E-state index is 13.1. The number of hydrogen-bond donors (Lipinski definition) is 2. The predicted octanol–water partition coefficient (Wildman–Crippen LogP) is 4.26. The van der Waals surface area contributed by atoms with Gasteiger partial charge >= 0.3 is 12.1 Å². The first-order valence-corrected chi connectivity index (χ1v) is 12.0. The van der Waals surface area contributed by atoms with Crippen LogP contribution in [0.1, 0.15) is 50.2 Å². The molecule has 1 aliphatic carbocycles. The van der Waals surface area contributed by atoms with Crippen LogP contribution in [0, 0.1) is 11.8 Å². The second-order valence-electron chi connectivity index (χ2n) is 9.20. The summed E-state index contributed by atoms with van der Waals surface area (Å²) in [6.45, 7) is 4.59. The number of nitrogens with one attached hydrogen (secondary N) is 1. The molecule has 2 amide bonds. The average molecular weight is 465 g/mol. The highest BCUT2D eigenvalue weighted by molar-refractivity contribution is 5.82. The normalized spacial score (nSPS) is 19.9. The summed E-state index contributed by atoms with van der Waals surface area (Å²) in [6.07, 6.45) is 1.31. The van der Waals surface area contributed by atoms with Crippen LogP contribution >= 0.6 is 0 Å². The van der Waals surface area contributed by atoms with E-state index >= 15 is 0 Å². The smallest absolute Gasteiger partial charge is 0.407 e. The molecule has 1 heterocycles. The summed E-state index contributed by atoms with van der Waals surface area (Å²) in [5.74, 6) is -1.94. The predicted molar refractivity (Wildman–Crippen MR) is 128 cm³/mol. The minimum Gasteiger partial charge on any atom is -0.481 e. The first-order valence-electron chi connectivity index (χ1n) is 12.0. The minimum atomic E-state index is -0.869. The lowest BCUT2D eigenvalue weighted by molar-refractivity contribution is -0.143. The highest BCUT2D eigenvalue weighted by atomic mass is 16.5. The molecule has 1 aliphatic heterocycles.